The molecule has 0 saturated carbocycles. The molecular formula is C16H17NO2. The molecule has 2 rings (SSSR count). The van der Waals surface area contributed by atoms with Crippen molar-refractivity contribution < 1.29 is 9.90 Å². The third kappa shape index (κ3) is 3.66. The number of carboxylic acids is 1. The first kappa shape index (κ1) is 13.3. The SMILES string of the molecule is N[C@@H](CCc1cccc(-c2ccccc2)c1)C(=O)O. The lowest BCUT2D eigenvalue weighted by Crippen LogP contribution is -2.30. The van der Waals surface area contributed by atoms with Crippen LogP contribution in [-0.2, 0) is 11.2 Å². The third-order valence-electron chi connectivity index (χ3n) is 3.10. The van der Waals surface area contributed by atoms with Crippen LogP contribution in [0.3, 0.4) is 0 Å². The zero-order chi connectivity index (χ0) is 13.7. The molecule has 0 radical (unpaired) electrons. The topological polar surface area (TPSA) is 63.3 Å². The minimum Gasteiger partial charge on any atom is -0.480 e. The number of nitrogens with two attached hydrogens (primary N) is 1. The quantitative estimate of drug-likeness (QED) is 0.863. The second-order valence-corrected chi connectivity index (χ2v) is 4.55. The maximum atomic E-state index is 10.7. The first-order valence-corrected chi connectivity index (χ1v) is 6.29. The third-order valence-corrected chi connectivity index (χ3v) is 3.10. The Morgan fingerprint density at radius 2 is 1.74 bits per heavy atom. The van der Waals surface area contributed by atoms with Gasteiger partial charge in [-0.1, -0.05) is 54.6 Å². The molecule has 98 valence electrons. The number of carbonyl (C=O) groups is 1. The Morgan fingerprint density at radius 3 is 2.42 bits per heavy atom. The van der Waals surface area contributed by atoms with Crippen LogP contribution < -0.4 is 5.73 Å². The summed E-state index contributed by atoms with van der Waals surface area (Å²) in [4.78, 5) is 10.7. The van der Waals surface area contributed by atoms with E-state index < -0.39 is 12.0 Å². The van der Waals surface area contributed by atoms with Gasteiger partial charge in [-0.15, -0.1) is 0 Å². The van der Waals surface area contributed by atoms with Crippen molar-refractivity contribution in [2.45, 2.75) is 18.9 Å². The summed E-state index contributed by atoms with van der Waals surface area (Å²) in [6.45, 7) is 0. The van der Waals surface area contributed by atoms with E-state index in [1.54, 1.807) is 0 Å². The van der Waals surface area contributed by atoms with Crippen molar-refractivity contribution in [1.29, 1.82) is 0 Å². The van der Waals surface area contributed by atoms with E-state index in [-0.39, 0.29) is 0 Å². The number of rotatable bonds is 5. The zero-order valence-electron chi connectivity index (χ0n) is 10.6. The summed E-state index contributed by atoms with van der Waals surface area (Å²) >= 11 is 0. The van der Waals surface area contributed by atoms with E-state index in [1.165, 1.54) is 0 Å². The maximum absolute atomic E-state index is 10.7. The van der Waals surface area contributed by atoms with Crippen LogP contribution in [-0.4, -0.2) is 17.1 Å². The molecule has 2 aromatic carbocycles. The fraction of sp³-hybridized carbons (Fsp3) is 0.188. The smallest absolute Gasteiger partial charge is 0.320 e. The van der Waals surface area contributed by atoms with Crippen molar-refractivity contribution in [2.75, 3.05) is 0 Å². The van der Waals surface area contributed by atoms with E-state index in [2.05, 4.69) is 24.3 Å². The van der Waals surface area contributed by atoms with Crippen LogP contribution in [0.25, 0.3) is 11.1 Å². The Bertz CT molecular complexity index is 552. The van der Waals surface area contributed by atoms with Crippen LogP contribution in [0.15, 0.2) is 54.6 Å². The van der Waals surface area contributed by atoms with Gasteiger partial charge in [0, 0.05) is 0 Å². The molecule has 2 aromatic rings. The molecule has 0 spiro atoms. The monoisotopic (exact) mass is 255 g/mol. The van der Waals surface area contributed by atoms with E-state index >= 15 is 0 Å². The Balaban J connectivity index is 2.10. The number of hydrogen-bond donors (Lipinski definition) is 2. The van der Waals surface area contributed by atoms with Gasteiger partial charge in [-0.2, -0.15) is 0 Å². The molecule has 0 heterocycles. The Labute approximate surface area is 112 Å². The molecule has 19 heavy (non-hydrogen) atoms. The first-order valence-electron chi connectivity index (χ1n) is 6.29. The number of aryl methyl sites for hydroxylation is 1. The molecule has 3 nitrogen and oxygen atoms in total. The van der Waals surface area contributed by atoms with Gasteiger partial charge in [0.25, 0.3) is 0 Å². The van der Waals surface area contributed by atoms with Crippen LogP contribution in [0.1, 0.15) is 12.0 Å². The van der Waals surface area contributed by atoms with E-state index in [1.807, 2.05) is 30.3 Å². The summed E-state index contributed by atoms with van der Waals surface area (Å²) in [6, 6.07) is 17.4. The van der Waals surface area contributed by atoms with E-state index in [0.29, 0.717) is 12.8 Å². The highest BCUT2D eigenvalue weighted by molar-refractivity contribution is 5.73. The molecule has 0 unspecified atom stereocenters. The maximum Gasteiger partial charge on any atom is 0.320 e. The van der Waals surface area contributed by atoms with Crippen LogP contribution >= 0.6 is 0 Å². The van der Waals surface area contributed by atoms with Gasteiger partial charge in [-0.3, -0.25) is 4.79 Å². The highest BCUT2D eigenvalue weighted by atomic mass is 16.4. The highest BCUT2D eigenvalue weighted by Gasteiger charge is 2.11. The number of hydrogen-bond acceptors (Lipinski definition) is 2. The molecular weight excluding hydrogens is 238 g/mol. The Hall–Kier alpha value is -2.13. The lowest BCUT2D eigenvalue weighted by atomic mass is 10.00. The zero-order valence-corrected chi connectivity index (χ0v) is 10.6. The molecule has 0 aromatic heterocycles. The predicted octanol–water partition coefficient (Wildman–Crippen LogP) is 2.70. The van der Waals surface area contributed by atoms with Crippen molar-refractivity contribution in [3.63, 3.8) is 0 Å². The molecule has 0 saturated heterocycles. The standard InChI is InChI=1S/C16H17NO2/c17-15(16(18)19)10-9-12-5-4-8-14(11-12)13-6-2-1-3-7-13/h1-8,11,15H,9-10,17H2,(H,18,19)/t15-/m0/s1. The van der Waals surface area contributed by atoms with Crippen molar-refractivity contribution in [2.24, 2.45) is 5.73 Å². The van der Waals surface area contributed by atoms with E-state index in [4.69, 9.17) is 10.8 Å². The van der Waals surface area contributed by atoms with Gasteiger partial charge in [0.2, 0.25) is 0 Å². The molecule has 0 aliphatic carbocycles. The summed E-state index contributed by atoms with van der Waals surface area (Å²) in [7, 11) is 0. The van der Waals surface area contributed by atoms with Gasteiger partial charge in [0.1, 0.15) is 6.04 Å². The Kier molecular flexibility index (Phi) is 4.31. The van der Waals surface area contributed by atoms with Crippen LogP contribution in [0.5, 0.6) is 0 Å². The lowest BCUT2D eigenvalue weighted by Gasteiger charge is -2.08. The minimum absolute atomic E-state index is 0.452. The molecule has 0 aliphatic rings. The second kappa shape index (κ2) is 6.16. The number of benzene rings is 2. The average molecular weight is 255 g/mol. The fourth-order valence-electron chi connectivity index (χ4n) is 1.98. The summed E-state index contributed by atoms with van der Waals surface area (Å²) in [6.07, 6.45) is 1.13. The molecule has 0 aliphatic heterocycles. The van der Waals surface area contributed by atoms with Gasteiger partial charge in [0.05, 0.1) is 0 Å². The highest BCUT2D eigenvalue weighted by Crippen LogP contribution is 2.20. The largest absolute Gasteiger partial charge is 0.480 e. The number of aliphatic carboxylic acids is 1. The van der Waals surface area contributed by atoms with Gasteiger partial charge in [-0.25, -0.2) is 0 Å². The van der Waals surface area contributed by atoms with E-state index in [0.717, 1.165) is 16.7 Å². The van der Waals surface area contributed by atoms with Crippen molar-refractivity contribution >= 4 is 5.97 Å². The summed E-state index contributed by atoms with van der Waals surface area (Å²) in [5.74, 6) is -0.945. The summed E-state index contributed by atoms with van der Waals surface area (Å²) in [5.41, 5.74) is 8.92. The molecule has 0 bridgehead atoms. The summed E-state index contributed by atoms with van der Waals surface area (Å²) < 4.78 is 0. The molecule has 0 amide bonds. The normalized spacial score (nSPS) is 12.1. The van der Waals surface area contributed by atoms with Gasteiger partial charge in [-0.05, 0) is 29.5 Å². The number of carboxylic acid groups (broad SMARTS) is 1. The van der Waals surface area contributed by atoms with Crippen molar-refractivity contribution in [3.05, 3.63) is 60.2 Å². The second-order valence-electron chi connectivity index (χ2n) is 4.55. The Morgan fingerprint density at radius 1 is 1.05 bits per heavy atom. The molecule has 3 N–H and O–H groups in total. The van der Waals surface area contributed by atoms with Crippen LogP contribution in [0, 0.1) is 0 Å². The molecule has 3 heteroatoms. The van der Waals surface area contributed by atoms with E-state index in [9.17, 15) is 4.79 Å². The average Bonchev–Trinajstić information content (AvgIpc) is 2.46. The van der Waals surface area contributed by atoms with Gasteiger partial charge in [0.15, 0.2) is 0 Å². The van der Waals surface area contributed by atoms with Crippen LogP contribution in [0.4, 0.5) is 0 Å². The van der Waals surface area contributed by atoms with Crippen LogP contribution in [0.2, 0.25) is 0 Å². The molecule has 1 atom stereocenters. The summed E-state index contributed by atoms with van der Waals surface area (Å²) in [5, 5.41) is 8.77. The van der Waals surface area contributed by atoms with Crippen molar-refractivity contribution in [3.8, 4) is 11.1 Å². The minimum atomic E-state index is -0.945. The first-order chi connectivity index (χ1) is 9.16. The van der Waals surface area contributed by atoms with Gasteiger partial charge >= 0.3 is 5.97 Å². The fourth-order valence-corrected chi connectivity index (χ4v) is 1.98. The van der Waals surface area contributed by atoms with Gasteiger partial charge < -0.3 is 10.8 Å². The molecule has 0 fully saturated rings. The van der Waals surface area contributed by atoms with Crippen molar-refractivity contribution in [1.82, 2.24) is 0 Å². The predicted molar refractivity (Wildman–Crippen MR) is 75.8 cm³/mol. The lowest BCUT2D eigenvalue weighted by molar-refractivity contribution is -0.138.